The Labute approximate surface area is 128 Å². The van der Waals surface area contributed by atoms with Crippen LogP contribution in [0.5, 0.6) is 0 Å². The van der Waals surface area contributed by atoms with Crippen LogP contribution >= 0.6 is 0 Å². The summed E-state index contributed by atoms with van der Waals surface area (Å²) in [6.07, 6.45) is 4.04. The van der Waals surface area contributed by atoms with Crippen molar-refractivity contribution in [2.24, 2.45) is 10.8 Å². The van der Waals surface area contributed by atoms with E-state index < -0.39 is 11.4 Å². The topological polar surface area (TPSA) is 65.0 Å². The second kappa shape index (κ2) is 8.71. The van der Waals surface area contributed by atoms with Gasteiger partial charge in [0.25, 0.3) is 0 Å². The Balaban J connectivity index is 2.22. The molecule has 0 heterocycles. The lowest BCUT2D eigenvalue weighted by Gasteiger charge is -2.40. The minimum atomic E-state index is -0.669. The first-order valence-electron chi connectivity index (χ1n) is 7.80. The smallest absolute Gasteiger partial charge is 0.309 e. The molecule has 0 saturated heterocycles. The molecule has 1 aliphatic carbocycles. The standard InChI is InChI=1S/C16H30O5/c1-15(2)4-6-16(7-5-15,14(17)18)8-9-20-12-13-21-11-10-19-3/h4-13H2,1-3H3,(H,17,18). The molecule has 0 amide bonds. The number of carbonyl (C=O) groups is 1. The van der Waals surface area contributed by atoms with E-state index in [1.54, 1.807) is 7.11 Å². The van der Waals surface area contributed by atoms with Crippen LogP contribution in [0.3, 0.4) is 0 Å². The van der Waals surface area contributed by atoms with Gasteiger partial charge >= 0.3 is 5.97 Å². The number of hydrogen-bond acceptors (Lipinski definition) is 4. The zero-order chi connectivity index (χ0) is 15.8. The third-order valence-corrected chi connectivity index (χ3v) is 4.54. The molecule has 1 fully saturated rings. The molecule has 1 aliphatic rings. The summed E-state index contributed by atoms with van der Waals surface area (Å²) >= 11 is 0. The molecule has 0 unspecified atom stereocenters. The minimum absolute atomic E-state index is 0.273. The molecule has 0 aromatic carbocycles. The van der Waals surface area contributed by atoms with Crippen LogP contribution in [0.2, 0.25) is 0 Å². The molecule has 1 N–H and O–H groups in total. The highest BCUT2D eigenvalue weighted by molar-refractivity contribution is 5.74. The van der Waals surface area contributed by atoms with E-state index in [-0.39, 0.29) is 5.41 Å². The van der Waals surface area contributed by atoms with Crippen molar-refractivity contribution >= 4 is 5.97 Å². The first-order chi connectivity index (χ1) is 9.92. The fourth-order valence-electron chi connectivity index (χ4n) is 2.71. The Bertz CT molecular complexity index is 304. The van der Waals surface area contributed by atoms with Crippen molar-refractivity contribution in [3.63, 3.8) is 0 Å². The third kappa shape index (κ3) is 6.32. The predicted octanol–water partition coefficient (Wildman–Crippen LogP) is 2.73. The van der Waals surface area contributed by atoms with Crippen LogP contribution in [0.1, 0.15) is 46.0 Å². The van der Waals surface area contributed by atoms with Crippen molar-refractivity contribution in [1.82, 2.24) is 0 Å². The van der Waals surface area contributed by atoms with E-state index in [9.17, 15) is 9.90 Å². The van der Waals surface area contributed by atoms with Gasteiger partial charge in [0.05, 0.1) is 31.8 Å². The van der Waals surface area contributed by atoms with Crippen molar-refractivity contribution in [2.75, 3.05) is 40.1 Å². The highest BCUT2D eigenvalue weighted by atomic mass is 16.5. The highest BCUT2D eigenvalue weighted by Gasteiger charge is 2.43. The average Bonchev–Trinajstić information content (AvgIpc) is 2.43. The third-order valence-electron chi connectivity index (χ3n) is 4.54. The number of carboxylic acid groups (broad SMARTS) is 1. The van der Waals surface area contributed by atoms with Gasteiger partial charge in [-0.3, -0.25) is 4.79 Å². The zero-order valence-corrected chi connectivity index (χ0v) is 13.7. The number of ether oxygens (including phenoxy) is 3. The van der Waals surface area contributed by atoms with Gasteiger partial charge in [0.15, 0.2) is 0 Å². The maximum Gasteiger partial charge on any atom is 0.309 e. The van der Waals surface area contributed by atoms with Crippen molar-refractivity contribution in [1.29, 1.82) is 0 Å². The Morgan fingerprint density at radius 2 is 1.48 bits per heavy atom. The molecule has 0 spiro atoms. The molecule has 0 aliphatic heterocycles. The summed E-state index contributed by atoms with van der Waals surface area (Å²) in [5, 5.41) is 9.56. The normalized spacial score (nSPS) is 20.3. The van der Waals surface area contributed by atoms with E-state index in [1.165, 1.54) is 0 Å². The Morgan fingerprint density at radius 1 is 0.952 bits per heavy atom. The van der Waals surface area contributed by atoms with Crippen LogP contribution in [0.25, 0.3) is 0 Å². The Hall–Kier alpha value is -0.650. The first-order valence-corrected chi connectivity index (χ1v) is 7.80. The van der Waals surface area contributed by atoms with Gasteiger partial charge in [-0.2, -0.15) is 0 Å². The van der Waals surface area contributed by atoms with Crippen LogP contribution < -0.4 is 0 Å². The average molecular weight is 302 g/mol. The molecule has 5 heteroatoms. The van der Waals surface area contributed by atoms with E-state index in [0.29, 0.717) is 39.5 Å². The molecule has 0 radical (unpaired) electrons. The Morgan fingerprint density at radius 3 is 2.00 bits per heavy atom. The summed E-state index contributed by atoms with van der Waals surface area (Å²) in [6.45, 7) is 7.09. The number of hydrogen-bond donors (Lipinski definition) is 1. The van der Waals surface area contributed by atoms with Gasteiger partial charge in [0.2, 0.25) is 0 Å². The molecular formula is C16H30O5. The maximum absolute atomic E-state index is 11.6. The summed E-state index contributed by atoms with van der Waals surface area (Å²) in [7, 11) is 1.64. The molecule has 21 heavy (non-hydrogen) atoms. The second-order valence-electron chi connectivity index (χ2n) is 6.72. The highest BCUT2D eigenvalue weighted by Crippen LogP contribution is 2.47. The van der Waals surface area contributed by atoms with Crippen LogP contribution in [0.15, 0.2) is 0 Å². The van der Waals surface area contributed by atoms with Crippen LogP contribution in [0.4, 0.5) is 0 Å². The lowest BCUT2D eigenvalue weighted by Crippen LogP contribution is -2.38. The second-order valence-corrected chi connectivity index (χ2v) is 6.72. The molecule has 1 saturated carbocycles. The first kappa shape index (κ1) is 18.4. The lowest BCUT2D eigenvalue weighted by molar-refractivity contribution is -0.154. The van der Waals surface area contributed by atoms with Gasteiger partial charge in [0, 0.05) is 13.7 Å². The predicted molar refractivity (Wildman–Crippen MR) is 80.4 cm³/mol. The van der Waals surface area contributed by atoms with E-state index in [0.717, 1.165) is 25.7 Å². The van der Waals surface area contributed by atoms with Gasteiger partial charge in [0.1, 0.15) is 0 Å². The summed E-state index contributed by atoms with van der Waals surface area (Å²) in [5.41, 5.74) is -0.318. The largest absolute Gasteiger partial charge is 0.481 e. The summed E-state index contributed by atoms with van der Waals surface area (Å²) in [5.74, 6) is -0.669. The van der Waals surface area contributed by atoms with E-state index in [1.807, 2.05) is 0 Å². The van der Waals surface area contributed by atoms with Gasteiger partial charge in [-0.25, -0.2) is 0 Å². The van der Waals surface area contributed by atoms with Crippen LogP contribution in [0, 0.1) is 10.8 Å². The molecular weight excluding hydrogens is 272 g/mol. The summed E-state index contributed by atoms with van der Waals surface area (Å²) < 4.78 is 15.7. The fraction of sp³-hybridized carbons (Fsp3) is 0.938. The van der Waals surface area contributed by atoms with E-state index >= 15 is 0 Å². The number of carboxylic acids is 1. The molecule has 0 atom stereocenters. The van der Waals surface area contributed by atoms with Crippen molar-refractivity contribution < 1.29 is 24.1 Å². The van der Waals surface area contributed by atoms with Crippen molar-refractivity contribution in [3.8, 4) is 0 Å². The van der Waals surface area contributed by atoms with E-state index in [4.69, 9.17) is 14.2 Å². The van der Waals surface area contributed by atoms with Gasteiger partial charge in [-0.1, -0.05) is 13.8 Å². The molecule has 0 bridgehead atoms. The quantitative estimate of drug-likeness (QED) is 0.629. The van der Waals surface area contributed by atoms with E-state index in [2.05, 4.69) is 13.8 Å². The fourth-order valence-corrected chi connectivity index (χ4v) is 2.71. The van der Waals surface area contributed by atoms with Crippen molar-refractivity contribution in [3.05, 3.63) is 0 Å². The zero-order valence-electron chi connectivity index (χ0n) is 13.7. The molecule has 0 aromatic heterocycles. The monoisotopic (exact) mass is 302 g/mol. The SMILES string of the molecule is COCCOCCOCCC1(C(=O)O)CCC(C)(C)CC1. The van der Waals surface area contributed by atoms with Gasteiger partial charge in [-0.05, 0) is 37.5 Å². The lowest BCUT2D eigenvalue weighted by atomic mass is 9.64. The van der Waals surface area contributed by atoms with Gasteiger partial charge in [-0.15, -0.1) is 0 Å². The molecule has 5 nitrogen and oxygen atoms in total. The van der Waals surface area contributed by atoms with Gasteiger partial charge < -0.3 is 19.3 Å². The van der Waals surface area contributed by atoms with Crippen LogP contribution in [-0.2, 0) is 19.0 Å². The number of methoxy groups -OCH3 is 1. The summed E-state index contributed by atoms with van der Waals surface area (Å²) in [6, 6.07) is 0. The number of rotatable bonds is 10. The maximum atomic E-state index is 11.6. The number of aliphatic carboxylic acids is 1. The van der Waals surface area contributed by atoms with Crippen LogP contribution in [-0.4, -0.2) is 51.2 Å². The summed E-state index contributed by atoms with van der Waals surface area (Å²) in [4.78, 5) is 11.6. The Kier molecular flexibility index (Phi) is 7.63. The minimum Gasteiger partial charge on any atom is -0.481 e. The molecule has 1 rings (SSSR count). The molecule has 0 aromatic rings. The van der Waals surface area contributed by atoms with Crippen molar-refractivity contribution in [2.45, 2.75) is 46.0 Å². The molecule has 124 valence electrons.